The number of hydrogen-bond acceptors (Lipinski definition) is 2. The average Bonchev–Trinajstić information content (AvgIpc) is 2.62. The van der Waals surface area contributed by atoms with E-state index in [1.807, 2.05) is 42.5 Å². The normalized spacial score (nSPS) is 10.7. The van der Waals surface area contributed by atoms with Gasteiger partial charge in [-0.3, -0.25) is 4.79 Å². The molecule has 0 bridgehead atoms. The molecule has 3 nitrogen and oxygen atoms in total. The first-order chi connectivity index (χ1) is 12.0. The van der Waals surface area contributed by atoms with Gasteiger partial charge in [-0.25, -0.2) is 4.39 Å². The molecule has 128 valence electrons. The van der Waals surface area contributed by atoms with E-state index in [1.165, 1.54) is 17.0 Å². The fourth-order valence-electron chi connectivity index (χ4n) is 2.52. The number of ether oxygens (including phenoxy) is 1. The number of carbonyl (C=O) groups is 1. The third kappa shape index (κ3) is 4.09. The van der Waals surface area contributed by atoms with Crippen molar-refractivity contribution in [1.29, 1.82) is 0 Å². The van der Waals surface area contributed by atoms with E-state index in [-0.39, 0.29) is 19.1 Å². The average molecular weight is 358 g/mol. The summed E-state index contributed by atoms with van der Waals surface area (Å²) >= 11 is 6.00. The Kier molecular flexibility index (Phi) is 5.19. The minimum atomic E-state index is -0.428. The van der Waals surface area contributed by atoms with Crippen molar-refractivity contribution in [2.45, 2.75) is 6.54 Å². The van der Waals surface area contributed by atoms with Crippen molar-refractivity contribution in [2.24, 2.45) is 0 Å². The Morgan fingerprint density at radius 2 is 1.84 bits per heavy atom. The predicted octanol–water partition coefficient (Wildman–Crippen LogP) is 4.67. The van der Waals surface area contributed by atoms with E-state index in [9.17, 15) is 9.18 Å². The van der Waals surface area contributed by atoms with Gasteiger partial charge in [-0.1, -0.05) is 48.0 Å². The van der Waals surface area contributed by atoms with E-state index in [0.717, 1.165) is 10.8 Å². The first-order valence-electron chi connectivity index (χ1n) is 7.83. The first-order valence-corrected chi connectivity index (χ1v) is 8.21. The molecule has 0 aliphatic heterocycles. The van der Waals surface area contributed by atoms with Crippen molar-refractivity contribution in [2.75, 3.05) is 13.7 Å². The lowest BCUT2D eigenvalue weighted by atomic mass is 10.1. The second-order valence-corrected chi connectivity index (χ2v) is 6.15. The molecule has 1 amide bonds. The summed E-state index contributed by atoms with van der Waals surface area (Å²) in [5.41, 5.74) is 0.297. The molecule has 0 N–H and O–H groups in total. The second kappa shape index (κ2) is 7.53. The van der Waals surface area contributed by atoms with Crippen LogP contribution < -0.4 is 4.74 Å². The lowest BCUT2D eigenvalue weighted by Gasteiger charge is -2.18. The van der Waals surface area contributed by atoms with Crippen molar-refractivity contribution in [3.05, 3.63) is 77.1 Å². The van der Waals surface area contributed by atoms with E-state index in [0.29, 0.717) is 16.3 Å². The number of benzene rings is 3. The van der Waals surface area contributed by atoms with Gasteiger partial charge < -0.3 is 9.64 Å². The van der Waals surface area contributed by atoms with Crippen LogP contribution in [-0.2, 0) is 11.3 Å². The molecule has 0 saturated carbocycles. The van der Waals surface area contributed by atoms with Gasteiger partial charge in [0.2, 0.25) is 0 Å². The highest BCUT2D eigenvalue weighted by Crippen LogP contribution is 2.22. The Bertz CT molecular complexity index is 893. The van der Waals surface area contributed by atoms with Crippen LogP contribution in [0.5, 0.6) is 5.75 Å². The van der Waals surface area contributed by atoms with E-state index >= 15 is 0 Å². The standard InChI is InChI=1S/C20H17ClFNO2/c1-23(12-17-18(21)7-4-8-19(17)22)20(24)13-25-16-10-9-14-5-2-3-6-15(14)11-16/h2-11H,12-13H2,1H3. The zero-order valence-corrected chi connectivity index (χ0v) is 14.5. The Labute approximate surface area is 150 Å². The molecule has 0 fully saturated rings. The molecule has 3 aromatic carbocycles. The maximum absolute atomic E-state index is 13.8. The second-order valence-electron chi connectivity index (χ2n) is 5.75. The highest BCUT2D eigenvalue weighted by Gasteiger charge is 2.15. The van der Waals surface area contributed by atoms with Crippen molar-refractivity contribution in [3.63, 3.8) is 0 Å². The molecule has 0 heterocycles. The van der Waals surface area contributed by atoms with Gasteiger partial charge in [0.15, 0.2) is 6.61 Å². The number of fused-ring (bicyclic) bond motifs is 1. The molecular formula is C20H17ClFNO2. The van der Waals surface area contributed by atoms with Crippen LogP contribution in [0.3, 0.4) is 0 Å². The van der Waals surface area contributed by atoms with Crippen LogP contribution in [0.15, 0.2) is 60.7 Å². The molecule has 0 aliphatic carbocycles. The summed E-state index contributed by atoms with van der Waals surface area (Å²) in [6, 6.07) is 18.0. The lowest BCUT2D eigenvalue weighted by Crippen LogP contribution is -2.31. The van der Waals surface area contributed by atoms with E-state index in [2.05, 4.69) is 0 Å². The van der Waals surface area contributed by atoms with Crippen LogP contribution in [0.2, 0.25) is 5.02 Å². The predicted molar refractivity (Wildman–Crippen MR) is 97.3 cm³/mol. The van der Waals surface area contributed by atoms with Crippen molar-refractivity contribution in [1.82, 2.24) is 4.90 Å². The Balaban J connectivity index is 1.63. The summed E-state index contributed by atoms with van der Waals surface area (Å²) < 4.78 is 19.4. The third-order valence-corrected chi connectivity index (χ3v) is 4.32. The molecule has 25 heavy (non-hydrogen) atoms. The molecular weight excluding hydrogens is 341 g/mol. The van der Waals surface area contributed by atoms with Crippen LogP contribution in [0.4, 0.5) is 4.39 Å². The highest BCUT2D eigenvalue weighted by molar-refractivity contribution is 6.31. The number of halogens is 2. The largest absolute Gasteiger partial charge is 0.484 e. The summed E-state index contributed by atoms with van der Waals surface area (Å²) in [6.45, 7) is -0.0354. The number of amides is 1. The zero-order chi connectivity index (χ0) is 17.8. The highest BCUT2D eigenvalue weighted by atomic mass is 35.5. The topological polar surface area (TPSA) is 29.5 Å². The monoisotopic (exact) mass is 357 g/mol. The van der Waals surface area contributed by atoms with Gasteiger partial charge in [-0.15, -0.1) is 0 Å². The number of carbonyl (C=O) groups excluding carboxylic acids is 1. The van der Waals surface area contributed by atoms with Crippen LogP contribution in [0.25, 0.3) is 10.8 Å². The van der Waals surface area contributed by atoms with Gasteiger partial charge in [-0.05, 0) is 35.0 Å². The Hall–Kier alpha value is -2.59. The fourth-order valence-corrected chi connectivity index (χ4v) is 2.74. The molecule has 0 unspecified atom stereocenters. The lowest BCUT2D eigenvalue weighted by molar-refractivity contribution is -0.132. The molecule has 0 aromatic heterocycles. The van der Waals surface area contributed by atoms with E-state index in [1.54, 1.807) is 13.1 Å². The number of nitrogens with zero attached hydrogens (tertiary/aromatic N) is 1. The third-order valence-electron chi connectivity index (χ3n) is 3.97. The van der Waals surface area contributed by atoms with Gasteiger partial charge in [0.1, 0.15) is 11.6 Å². The first kappa shape index (κ1) is 17.2. The van der Waals surface area contributed by atoms with Gasteiger partial charge >= 0.3 is 0 Å². The van der Waals surface area contributed by atoms with Crippen molar-refractivity contribution in [3.8, 4) is 5.75 Å². The number of hydrogen-bond donors (Lipinski definition) is 0. The summed E-state index contributed by atoms with van der Waals surface area (Å²) in [7, 11) is 1.59. The molecule has 0 atom stereocenters. The summed E-state index contributed by atoms with van der Waals surface area (Å²) in [4.78, 5) is 13.6. The SMILES string of the molecule is CN(Cc1c(F)cccc1Cl)C(=O)COc1ccc2ccccc2c1. The van der Waals surface area contributed by atoms with Gasteiger partial charge in [-0.2, -0.15) is 0 Å². The van der Waals surface area contributed by atoms with Crippen molar-refractivity contribution >= 4 is 28.3 Å². The fraction of sp³-hybridized carbons (Fsp3) is 0.150. The molecule has 0 aliphatic rings. The van der Waals surface area contributed by atoms with Crippen molar-refractivity contribution < 1.29 is 13.9 Å². The summed E-state index contributed by atoms with van der Waals surface area (Å²) in [5, 5.41) is 2.45. The molecule has 0 spiro atoms. The maximum Gasteiger partial charge on any atom is 0.260 e. The smallest absolute Gasteiger partial charge is 0.260 e. The Morgan fingerprint density at radius 1 is 1.08 bits per heavy atom. The Morgan fingerprint density at radius 3 is 2.60 bits per heavy atom. The summed E-state index contributed by atoms with van der Waals surface area (Å²) in [5.74, 6) is -0.0700. The number of rotatable bonds is 5. The zero-order valence-electron chi connectivity index (χ0n) is 13.7. The maximum atomic E-state index is 13.8. The summed E-state index contributed by atoms with van der Waals surface area (Å²) in [6.07, 6.45) is 0. The van der Waals surface area contributed by atoms with E-state index < -0.39 is 5.82 Å². The molecule has 0 radical (unpaired) electrons. The van der Waals surface area contributed by atoms with Gasteiger partial charge in [0.05, 0.1) is 0 Å². The van der Waals surface area contributed by atoms with E-state index in [4.69, 9.17) is 16.3 Å². The number of likely N-dealkylation sites (N-methyl/N-ethyl adjacent to an activating group) is 1. The van der Waals surface area contributed by atoms with Crippen LogP contribution in [0.1, 0.15) is 5.56 Å². The van der Waals surface area contributed by atoms with Gasteiger partial charge in [0, 0.05) is 24.2 Å². The molecule has 0 saturated heterocycles. The minimum Gasteiger partial charge on any atom is -0.484 e. The molecule has 3 aromatic rings. The van der Waals surface area contributed by atoms with Crippen LogP contribution >= 0.6 is 11.6 Å². The van der Waals surface area contributed by atoms with Crippen LogP contribution in [-0.4, -0.2) is 24.5 Å². The molecule has 3 rings (SSSR count). The minimum absolute atomic E-state index is 0.0887. The van der Waals surface area contributed by atoms with Crippen LogP contribution in [0, 0.1) is 5.82 Å². The quantitative estimate of drug-likeness (QED) is 0.664. The van der Waals surface area contributed by atoms with Gasteiger partial charge in [0.25, 0.3) is 5.91 Å². The molecule has 5 heteroatoms.